The third kappa shape index (κ3) is 3.66. The zero-order valence-electron chi connectivity index (χ0n) is 14.6. The molecule has 6 nitrogen and oxygen atoms in total. The number of hydrogen-bond donors (Lipinski definition) is 1. The van der Waals surface area contributed by atoms with Crippen LogP contribution in [0, 0.1) is 13.8 Å². The van der Waals surface area contributed by atoms with Crippen molar-refractivity contribution in [1.29, 1.82) is 0 Å². The number of aromatic nitrogens is 4. The van der Waals surface area contributed by atoms with Crippen molar-refractivity contribution >= 4 is 5.82 Å². The third-order valence-corrected chi connectivity index (χ3v) is 4.48. The summed E-state index contributed by atoms with van der Waals surface area (Å²) >= 11 is 0. The molecule has 2 aromatic rings. The SMILES string of the molecule is COc1cc(NC2CCC(C)(F)CC2)nc(-n2nc(C)cc2C)n1. The summed E-state index contributed by atoms with van der Waals surface area (Å²) in [4.78, 5) is 8.94. The average Bonchev–Trinajstić information content (AvgIpc) is 2.88. The second-order valence-electron chi connectivity index (χ2n) is 6.77. The lowest BCUT2D eigenvalue weighted by atomic mass is 9.85. The Hall–Kier alpha value is -2.18. The van der Waals surface area contributed by atoms with Gasteiger partial charge < -0.3 is 10.1 Å². The van der Waals surface area contributed by atoms with Crippen molar-refractivity contribution in [2.75, 3.05) is 12.4 Å². The molecule has 130 valence electrons. The van der Waals surface area contributed by atoms with Crippen LogP contribution in [-0.4, -0.2) is 38.6 Å². The molecule has 0 aliphatic heterocycles. The Kier molecular flexibility index (Phi) is 4.43. The Morgan fingerprint density at radius 1 is 1.25 bits per heavy atom. The standard InChI is InChI=1S/C17H24FN5O/c1-11-9-12(2)23(22-11)16-20-14(10-15(21-16)24-4)19-13-5-7-17(3,18)8-6-13/h9-10,13H,5-8H2,1-4H3,(H,19,20,21). The molecule has 3 rings (SSSR count). The van der Waals surface area contributed by atoms with Gasteiger partial charge in [-0.3, -0.25) is 0 Å². The predicted molar refractivity (Wildman–Crippen MR) is 90.6 cm³/mol. The lowest BCUT2D eigenvalue weighted by molar-refractivity contribution is 0.124. The molecule has 0 spiro atoms. The quantitative estimate of drug-likeness (QED) is 0.929. The number of halogens is 1. The van der Waals surface area contributed by atoms with Gasteiger partial charge in [0, 0.05) is 17.8 Å². The smallest absolute Gasteiger partial charge is 0.256 e. The number of nitrogens with zero attached hydrogens (tertiary/aromatic N) is 4. The van der Waals surface area contributed by atoms with E-state index in [-0.39, 0.29) is 6.04 Å². The molecular weight excluding hydrogens is 309 g/mol. The number of rotatable bonds is 4. The molecule has 2 aromatic heterocycles. The van der Waals surface area contributed by atoms with E-state index in [1.807, 2.05) is 19.9 Å². The predicted octanol–water partition coefficient (Wildman–Crippen LogP) is 3.37. The monoisotopic (exact) mass is 333 g/mol. The van der Waals surface area contributed by atoms with E-state index in [2.05, 4.69) is 20.4 Å². The molecule has 0 bridgehead atoms. The Balaban J connectivity index is 1.83. The van der Waals surface area contributed by atoms with Gasteiger partial charge in [-0.15, -0.1) is 0 Å². The van der Waals surface area contributed by atoms with Crippen LogP contribution in [0.4, 0.5) is 10.2 Å². The summed E-state index contributed by atoms with van der Waals surface area (Å²) in [5.74, 6) is 1.62. The summed E-state index contributed by atoms with van der Waals surface area (Å²) in [6, 6.07) is 3.94. The van der Waals surface area contributed by atoms with Gasteiger partial charge in [0.15, 0.2) is 0 Å². The van der Waals surface area contributed by atoms with Gasteiger partial charge in [0.1, 0.15) is 11.5 Å². The Morgan fingerprint density at radius 3 is 2.54 bits per heavy atom. The fraction of sp³-hybridized carbons (Fsp3) is 0.588. The molecular formula is C17H24FN5O. The normalized spacial score (nSPS) is 24.0. The topological polar surface area (TPSA) is 64.9 Å². The van der Waals surface area contributed by atoms with E-state index < -0.39 is 5.67 Å². The lowest BCUT2D eigenvalue weighted by Crippen LogP contribution is -2.33. The second kappa shape index (κ2) is 6.37. The number of ether oxygens (including phenoxy) is 1. The summed E-state index contributed by atoms with van der Waals surface area (Å²) in [7, 11) is 1.58. The van der Waals surface area contributed by atoms with E-state index in [9.17, 15) is 4.39 Å². The highest BCUT2D eigenvalue weighted by molar-refractivity contribution is 5.42. The molecule has 2 heterocycles. The molecule has 1 aliphatic rings. The molecule has 0 amide bonds. The Labute approximate surface area is 141 Å². The van der Waals surface area contributed by atoms with Gasteiger partial charge in [-0.25, -0.2) is 9.07 Å². The van der Waals surface area contributed by atoms with Gasteiger partial charge in [0.25, 0.3) is 5.95 Å². The third-order valence-electron chi connectivity index (χ3n) is 4.48. The maximum atomic E-state index is 13.9. The van der Waals surface area contributed by atoms with E-state index in [1.165, 1.54) is 0 Å². The molecule has 0 radical (unpaired) electrons. The molecule has 0 aromatic carbocycles. The van der Waals surface area contributed by atoms with Crippen LogP contribution in [0.15, 0.2) is 12.1 Å². The number of hydrogen-bond acceptors (Lipinski definition) is 5. The first-order chi connectivity index (χ1) is 11.4. The Morgan fingerprint density at radius 2 is 1.96 bits per heavy atom. The Bertz CT molecular complexity index is 718. The van der Waals surface area contributed by atoms with Gasteiger partial charge in [0.2, 0.25) is 5.88 Å². The van der Waals surface area contributed by atoms with Crippen LogP contribution < -0.4 is 10.1 Å². The van der Waals surface area contributed by atoms with Crippen molar-refractivity contribution in [2.24, 2.45) is 0 Å². The highest BCUT2D eigenvalue weighted by Gasteiger charge is 2.30. The summed E-state index contributed by atoms with van der Waals surface area (Å²) in [5.41, 5.74) is 0.816. The molecule has 0 saturated heterocycles. The van der Waals surface area contributed by atoms with Gasteiger partial charge >= 0.3 is 0 Å². The maximum absolute atomic E-state index is 13.9. The van der Waals surface area contributed by atoms with Gasteiger partial charge in [-0.05, 0) is 52.5 Å². The van der Waals surface area contributed by atoms with Crippen LogP contribution in [-0.2, 0) is 0 Å². The van der Waals surface area contributed by atoms with Crippen LogP contribution in [0.1, 0.15) is 44.0 Å². The fourth-order valence-electron chi connectivity index (χ4n) is 3.09. The van der Waals surface area contributed by atoms with E-state index >= 15 is 0 Å². The van der Waals surface area contributed by atoms with Crippen LogP contribution in [0.25, 0.3) is 5.95 Å². The fourth-order valence-corrected chi connectivity index (χ4v) is 3.09. The number of nitrogens with one attached hydrogen (secondary N) is 1. The van der Waals surface area contributed by atoms with Crippen molar-refractivity contribution < 1.29 is 9.13 Å². The van der Waals surface area contributed by atoms with Crippen LogP contribution in [0.5, 0.6) is 5.88 Å². The molecule has 1 saturated carbocycles. The zero-order valence-corrected chi connectivity index (χ0v) is 14.6. The largest absolute Gasteiger partial charge is 0.481 e. The molecule has 1 aliphatic carbocycles. The summed E-state index contributed by atoms with van der Waals surface area (Å²) in [5, 5.41) is 7.81. The van der Waals surface area contributed by atoms with Crippen molar-refractivity contribution in [3.63, 3.8) is 0 Å². The first-order valence-corrected chi connectivity index (χ1v) is 8.28. The average molecular weight is 333 g/mol. The van der Waals surface area contributed by atoms with Crippen LogP contribution >= 0.6 is 0 Å². The van der Waals surface area contributed by atoms with Crippen molar-refractivity contribution in [3.8, 4) is 11.8 Å². The number of aryl methyl sites for hydroxylation is 2. The highest BCUT2D eigenvalue weighted by Crippen LogP contribution is 2.32. The van der Waals surface area contributed by atoms with Gasteiger partial charge in [0.05, 0.1) is 12.8 Å². The minimum absolute atomic E-state index is 0.210. The van der Waals surface area contributed by atoms with Crippen LogP contribution in [0.2, 0.25) is 0 Å². The first-order valence-electron chi connectivity index (χ1n) is 8.28. The molecule has 0 unspecified atom stereocenters. The molecule has 1 fully saturated rings. The molecule has 1 N–H and O–H groups in total. The van der Waals surface area contributed by atoms with E-state index in [0.29, 0.717) is 30.5 Å². The van der Waals surface area contributed by atoms with Crippen molar-refractivity contribution in [1.82, 2.24) is 19.7 Å². The van der Waals surface area contributed by atoms with Crippen LogP contribution in [0.3, 0.4) is 0 Å². The van der Waals surface area contributed by atoms with Crippen molar-refractivity contribution in [3.05, 3.63) is 23.5 Å². The number of anilines is 1. The zero-order chi connectivity index (χ0) is 17.3. The number of alkyl halides is 1. The first kappa shape index (κ1) is 16.7. The molecule has 24 heavy (non-hydrogen) atoms. The maximum Gasteiger partial charge on any atom is 0.256 e. The minimum Gasteiger partial charge on any atom is -0.481 e. The van der Waals surface area contributed by atoms with E-state index in [0.717, 1.165) is 24.2 Å². The second-order valence-corrected chi connectivity index (χ2v) is 6.77. The van der Waals surface area contributed by atoms with Crippen molar-refractivity contribution in [2.45, 2.75) is 58.2 Å². The van der Waals surface area contributed by atoms with Gasteiger partial charge in [-0.2, -0.15) is 15.1 Å². The molecule has 0 atom stereocenters. The lowest BCUT2D eigenvalue weighted by Gasteiger charge is -2.31. The van der Waals surface area contributed by atoms with E-state index in [4.69, 9.17) is 4.74 Å². The summed E-state index contributed by atoms with van der Waals surface area (Å²) in [6.45, 7) is 5.57. The summed E-state index contributed by atoms with van der Waals surface area (Å²) in [6.07, 6.45) is 2.71. The summed E-state index contributed by atoms with van der Waals surface area (Å²) < 4.78 is 20.9. The molecule has 7 heteroatoms. The highest BCUT2D eigenvalue weighted by atomic mass is 19.1. The number of methoxy groups -OCH3 is 1. The van der Waals surface area contributed by atoms with E-state index in [1.54, 1.807) is 24.8 Å². The minimum atomic E-state index is -1.05. The van der Waals surface area contributed by atoms with Gasteiger partial charge in [-0.1, -0.05) is 0 Å².